The van der Waals surface area contributed by atoms with E-state index in [4.69, 9.17) is 14.0 Å². The molecule has 0 saturated heterocycles. The van der Waals surface area contributed by atoms with Gasteiger partial charge in [-0.25, -0.2) is 0 Å². The molecule has 0 aliphatic heterocycles. The van der Waals surface area contributed by atoms with Crippen LogP contribution in [0.4, 0.5) is 0 Å². The Kier molecular flexibility index (Phi) is 29.4. The van der Waals surface area contributed by atoms with E-state index in [-0.39, 0.29) is 6.10 Å². The highest BCUT2D eigenvalue weighted by Crippen LogP contribution is 2.14. The van der Waals surface area contributed by atoms with Crippen LogP contribution in [-0.2, 0) is 19.6 Å². The third-order valence-corrected chi connectivity index (χ3v) is 7.39. The molecule has 0 spiro atoms. The van der Waals surface area contributed by atoms with Crippen molar-refractivity contribution in [3.05, 3.63) is 0 Å². The average Bonchev–Trinajstić information content (AvgIpc) is 2.80. The Morgan fingerprint density at radius 1 is 0.757 bits per heavy atom. The normalized spacial score (nSPS) is 12.8. The number of thioether (sulfide) groups is 1. The maximum absolute atomic E-state index is 9.19. The minimum atomic E-state index is -3.67. The van der Waals surface area contributed by atoms with E-state index < -0.39 is 10.1 Å². The smallest absolute Gasteiger partial charge is 0.261 e. The van der Waals surface area contributed by atoms with Crippen molar-refractivity contribution in [3.63, 3.8) is 0 Å². The molecule has 0 saturated carbocycles. The van der Waals surface area contributed by atoms with E-state index >= 15 is 0 Å². The van der Waals surface area contributed by atoms with Gasteiger partial charge in [0.25, 0.3) is 10.1 Å². The quantitative estimate of drug-likeness (QED) is 0.0655. The lowest BCUT2D eigenvalue weighted by atomic mass is 10.0. The summed E-state index contributed by atoms with van der Waals surface area (Å²) in [5.41, 5.74) is 0. The molecular weight excluding hydrogens is 506 g/mol. The van der Waals surface area contributed by atoms with Gasteiger partial charge in [0.05, 0.1) is 46.7 Å². The fourth-order valence-corrected chi connectivity index (χ4v) is 5.00. The Labute approximate surface area is 236 Å². The van der Waals surface area contributed by atoms with Crippen LogP contribution in [0, 0.1) is 0 Å². The second kappa shape index (κ2) is 27.7. The number of methoxy groups -OCH3 is 1. The highest BCUT2D eigenvalue weighted by Gasteiger charge is 2.09. The fraction of sp³-hybridized carbons (Fsp3) is 1.00. The number of hydrogen-bond donors (Lipinski definition) is 1. The lowest BCUT2D eigenvalue weighted by molar-refractivity contribution is -0.870. The zero-order valence-corrected chi connectivity index (χ0v) is 27.1. The number of rotatable bonds is 26. The van der Waals surface area contributed by atoms with Crippen molar-refractivity contribution >= 4 is 21.9 Å². The Balaban J connectivity index is 0. The molecule has 0 aromatic rings. The Morgan fingerprint density at radius 3 is 1.54 bits per heavy atom. The molecule has 0 aliphatic rings. The fourth-order valence-electron chi connectivity index (χ4n) is 4.01. The summed E-state index contributed by atoms with van der Waals surface area (Å²) >= 11 is 2.00. The molecule has 0 heterocycles. The predicted octanol–water partition coefficient (Wildman–Crippen LogP) is 7.61. The average molecular weight is 571 g/mol. The van der Waals surface area contributed by atoms with Gasteiger partial charge < -0.3 is 14.0 Å². The molecule has 6 nitrogen and oxygen atoms in total. The third kappa shape index (κ3) is 43.4. The van der Waals surface area contributed by atoms with Crippen LogP contribution in [0.25, 0.3) is 0 Å². The lowest BCUT2D eigenvalue weighted by Crippen LogP contribution is -2.35. The molecule has 0 aromatic heterocycles. The number of ether oxygens (including phenoxy) is 2. The molecule has 226 valence electrons. The van der Waals surface area contributed by atoms with Gasteiger partial charge in [-0.05, 0) is 12.2 Å². The van der Waals surface area contributed by atoms with Crippen molar-refractivity contribution in [1.82, 2.24) is 0 Å². The minimum Gasteiger partial charge on any atom is -0.379 e. The summed E-state index contributed by atoms with van der Waals surface area (Å²) in [5, 5.41) is 0. The van der Waals surface area contributed by atoms with Crippen LogP contribution in [0.15, 0.2) is 0 Å². The lowest BCUT2D eigenvalue weighted by Gasteiger charge is -2.23. The Bertz CT molecular complexity index is 545. The van der Waals surface area contributed by atoms with E-state index in [0.29, 0.717) is 6.26 Å². The first-order chi connectivity index (χ1) is 17.5. The summed E-state index contributed by atoms with van der Waals surface area (Å²) in [4.78, 5) is 0. The number of hydrogen-bond acceptors (Lipinski definition) is 5. The van der Waals surface area contributed by atoms with Crippen LogP contribution in [0.1, 0.15) is 116 Å². The van der Waals surface area contributed by atoms with Crippen molar-refractivity contribution in [1.29, 1.82) is 0 Å². The van der Waals surface area contributed by atoms with Gasteiger partial charge in [-0.15, -0.1) is 0 Å². The highest BCUT2D eigenvalue weighted by atomic mass is 32.2. The molecule has 0 fully saturated rings. The first kappa shape index (κ1) is 39.3. The molecule has 37 heavy (non-hydrogen) atoms. The van der Waals surface area contributed by atoms with E-state index in [1.807, 2.05) is 18.9 Å². The van der Waals surface area contributed by atoms with Crippen LogP contribution in [0.2, 0.25) is 0 Å². The molecule has 0 radical (unpaired) electrons. The zero-order chi connectivity index (χ0) is 28.3. The molecule has 0 rings (SSSR count). The molecule has 0 amide bonds. The topological polar surface area (TPSA) is 72.8 Å². The summed E-state index contributed by atoms with van der Waals surface area (Å²) in [7, 11) is 4.93. The SMILES string of the molecule is CCCCCCCCCCCCCCCCCCOCC(CSCCC[N+](C)(C)C)OC.CS(=O)(=O)O. The molecule has 1 atom stereocenters. The van der Waals surface area contributed by atoms with Crippen LogP contribution < -0.4 is 0 Å². The van der Waals surface area contributed by atoms with Gasteiger partial charge in [0, 0.05) is 25.9 Å². The van der Waals surface area contributed by atoms with E-state index in [9.17, 15) is 8.42 Å². The van der Waals surface area contributed by atoms with Gasteiger partial charge in [0.1, 0.15) is 0 Å². The van der Waals surface area contributed by atoms with Gasteiger partial charge >= 0.3 is 0 Å². The number of quaternary nitrogens is 1. The van der Waals surface area contributed by atoms with Crippen LogP contribution >= 0.6 is 11.8 Å². The van der Waals surface area contributed by atoms with Crippen LogP contribution in [0.5, 0.6) is 0 Å². The van der Waals surface area contributed by atoms with E-state index in [1.165, 1.54) is 121 Å². The molecule has 1 N–H and O–H groups in total. The molecule has 1 unspecified atom stereocenters. The second-order valence-corrected chi connectivity index (χ2v) is 14.0. The van der Waals surface area contributed by atoms with E-state index in [1.54, 1.807) is 0 Å². The van der Waals surface area contributed by atoms with E-state index in [2.05, 4.69) is 28.1 Å². The van der Waals surface area contributed by atoms with Gasteiger partial charge in [-0.3, -0.25) is 4.55 Å². The standard InChI is InChI=1S/C28H60NO2S.CH4O3S/c1-6-7-8-9-10-11-12-13-14-15-16-17-18-19-20-21-24-31-26-28(30-5)27-32-25-22-23-29(2,3)4;1-5(2,3)4/h28H,6-27H2,1-5H3;1H3,(H,2,3,4)/q+1;. The summed E-state index contributed by atoms with van der Waals surface area (Å²) < 4.78 is 38.4. The van der Waals surface area contributed by atoms with Gasteiger partial charge in [0.2, 0.25) is 0 Å². The van der Waals surface area contributed by atoms with Crippen LogP contribution in [-0.4, -0.2) is 89.3 Å². The third-order valence-electron chi connectivity index (χ3n) is 6.20. The maximum atomic E-state index is 9.19. The molecule has 0 aromatic carbocycles. The first-order valence-electron chi connectivity index (χ1n) is 14.9. The Hall–Kier alpha value is 0.140. The van der Waals surface area contributed by atoms with Crippen molar-refractivity contribution in [2.24, 2.45) is 0 Å². The maximum Gasteiger partial charge on any atom is 0.261 e. The Morgan fingerprint density at radius 2 is 1.16 bits per heavy atom. The second-order valence-electron chi connectivity index (χ2n) is 11.4. The van der Waals surface area contributed by atoms with Crippen LogP contribution in [0.3, 0.4) is 0 Å². The molecule has 8 heteroatoms. The van der Waals surface area contributed by atoms with Gasteiger partial charge in [-0.1, -0.05) is 103 Å². The summed E-state index contributed by atoms with van der Waals surface area (Å²) in [6.45, 7) is 5.17. The molecule has 0 bridgehead atoms. The first-order valence-corrected chi connectivity index (χ1v) is 17.9. The number of nitrogens with zero attached hydrogens (tertiary/aromatic N) is 1. The zero-order valence-electron chi connectivity index (χ0n) is 25.5. The van der Waals surface area contributed by atoms with Crippen molar-refractivity contribution in [2.75, 3.05) is 65.8 Å². The largest absolute Gasteiger partial charge is 0.379 e. The van der Waals surface area contributed by atoms with Crippen molar-refractivity contribution in [2.45, 2.75) is 122 Å². The van der Waals surface area contributed by atoms with E-state index in [0.717, 1.165) is 23.4 Å². The summed E-state index contributed by atoms with van der Waals surface area (Å²) in [5.74, 6) is 2.26. The highest BCUT2D eigenvalue weighted by molar-refractivity contribution is 7.99. The minimum absolute atomic E-state index is 0.241. The van der Waals surface area contributed by atoms with Crippen molar-refractivity contribution < 1.29 is 26.9 Å². The predicted molar refractivity (Wildman–Crippen MR) is 163 cm³/mol. The number of unbranched alkanes of at least 4 members (excludes halogenated alkanes) is 15. The van der Waals surface area contributed by atoms with Gasteiger partial charge in [0.15, 0.2) is 0 Å². The van der Waals surface area contributed by atoms with Gasteiger partial charge in [-0.2, -0.15) is 20.2 Å². The monoisotopic (exact) mass is 570 g/mol. The summed E-state index contributed by atoms with van der Waals surface area (Å²) in [6.07, 6.45) is 24.8. The molecular formula is C29H64NO5S2+. The summed E-state index contributed by atoms with van der Waals surface area (Å²) in [6, 6.07) is 0. The molecule has 0 aliphatic carbocycles. The van der Waals surface area contributed by atoms with Crippen molar-refractivity contribution in [3.8, 4) is 0 Å².